The molecule has 7 nitrogen and oxygen atoms in total. The molecule has 0 spiro atoms. The average Bonchev–Trinajstić information content (AvgIpc) is 3.39. The van der Waals surface area contributed by atoms with Crippen LogP contribution in [0.5, 0.6) is 0 Å². The number of aromatic nitrogens is 4. The highest BCUT2D eigenvalue weighted by atomic mass is 16.3. The lowest BCUT2D eigenvalue weighted by Gasteiger charge is -2.21. The number of β-amino-alcohol motifs (C(OH)–C–C–N with tert-alkyl or cyclic N) is 1. The number of benzene rings is 1. The Morgan fingerprint density at radius 2 is 2.12 bits per heavy atom. The number of nitrogens with zero attached hydrogens (tertiary/aromatic N) is 5. The summed E-state index contributed by atoms with van der Waals surface area (Å²) in [6.07, 6.45) is 4.26. The fraction of sp³-hybridized carbons (Fsp3) is 0.316. The Balaban J connectivity index is 1.48. The molecule has 2 N–H and O–H groups in total. The number of aromatic amines is 1. The molecule has 0 aliphatic carbocycles. The van der Waals surface area contributed by atoms with Gasteiger partial charge in [-0.1, -0.05) is 18.2 Å². The first-order valence-corrected chi connectivity index (χ1v) is 8.61. The SMILES string of the molecule is N#Cc1ccccc1Cn1cccc1CN1CC[C@@](O)(c2cn[nH]n2)C1. The highest BCUT2D eigenvalue weighted by Crippen LogP contribution is 2.31. The Labute approximate surface area is 151 Å². The molecule has 7 heteroatoms. The van der Waals surface area contributed by atoms with Gasteiger partial charge in [-0.15, -0.1) is 0 Å². The summed E-state index contributed by atoms with van der Waals surface area (Å²) in [6, 6.07) is 14.0. The zero-order valence-corrected chi connectivity index (χ0v) is 14.3. The summed E-state index contributed by atoms with van der Waals surface area (Å²) in [5.74, 6) is 0. The van der Waals surface area contributed by atoms with Crippen LogP contribution < -0.4 is 0 Å². The lowest BCUT2D eigenvalue weighted by molar-refractivity contribution is 0.0406. The van der Waals surface area contributed by atoms with E-state index in [-0.39, 0.29) is 0 Å². The maximum atomic E-state index is 10.8. The quantitative estimate of drug-likeness (QED) is 0.731. The van der Waals surface area contributed by atoms with E-state index >= 15 is 0 Å². The van der Waals surface area contributed by atoms with Gasteiger partial charge in [-0.3, -0.25) is 4.90 Å². The molecule has 26 heavy (non-hydrogen) atoms. The van der Waals surface area contributed by atoms with Crippen LogP contribution in [0.2, 0.25) is 0 Å². The van der Waals surface area contributed by atoms with Gasteiger partial charge < -0.3 is 9.67 Å². The van der Waals surface area contributed by atoms with Gasteiger partial charge in [-0.25, -0.2) is 0 Å². The van der Waals surface area contributed by atoms with E-state index in [1.807, 2.05) is 36.5 Å². The highest BCUT2D eigenvalue weighted by molar-refractivity contribution is 5.37. The maximum absolute atomic E-state index is 10.8. The second kappa shape index (κ2) is 6.75. The summed E-state index contributed by atoms with van der Waals surface area (Å²) < 4.78 is 2.16. The topological polar surface area (TPSA) is 93.8 Å². The molecule has 1 saturated heterocycles. The van der Waals surface area contributed by atoms with Crippen molar-refractivity contribution >= 4 is 0 Å². The van der Waals surface area contributed by atoms with Crippen LogP contribution in [0, 0.1) is 11.3 Å². The smallest absolute Gasteiger partial charge is 0.124 e. The third-order valence-corrected chi connectivity index (χ3v) is 5.01. The third-order valence-electron chi connectivity index (χ3n) is 5.01. The van der Waals surface area contributed by atoms with E-state index in [0.29, 0.717) is 30.8 Å². The second-order valence-corrected chi connectivity index (χ2v) is 6.74. The second-order valence-electron chi connectivity index (χ2n) is 6.74. The molecule has 1 aliphatic rings. The minimum Gasteiger partial charge on any atom is -0.382 e. The highest BCUT2D eigenvalue weighted by Gasteiger charge is 2.39. The zero-order chi connectivity index (χ0) is 18.0. The third kappa shape index (κ3) is 3.12. The number of hydrogen-bond acceptors (Lipinski definition) is 5. The number of aliphatic hydroxyl groups is 1. The van der Waals surface area contributed by atoms with Crippen molar-refractivity contribution in [1.29, 1.82) is 5.26 Å². The summed E-state index contributed by atoms with van der Waals surface area (Å²) in [5, 5.41) is 30.5. The van der Waals surface area contributed by atoms with Gasteiger partial charge in [0, 0.05) is 38.1 Å². The van der Waals surface area contributed by atoms with Gasteiger partial charge in [0.05, 0.1) is 17.8 Å². The van der Waals surface area contributed by atoms with E-state index in [1.54, 1.807) is 6.20 Å². The summed E-state index contributed by atoms with van der Waals surface area (Å²) in [7, 11) is 0. The Bertz CT molecular complexity index is 926. The van der Waals surface area contributed by atoms with Crippen molar-refractivity contribution in [3.05, 3.63) is 71.3 Å². The Kier molecular flexibility index (Phi) is 4.29. The summed E-state index contributed by atoms with van der Waals surface area (Å²) in [6.45, 7) is 2.72. The average molecular weight is 348 g/mol. The largest absolute Gasteiger partial charge is 0.382 e. The van der Waals surface area contributed by atoms with Crippen molar-refractivity contribution in [1.82, 2.24) is 24.9 Å². The van der Waals surface area contributed by atoms with Gasteiger partial charge in [0.25, 0.3) is 0 Å². The van der Waals surface area contributed by atoms with Crippen LogP contribution in [-0.2, 0) is 18.7 Å². The summed E-state index contributed by atoms with van der Waals surface area (Å²) >= 11 is 0. The standard InChI is InChI=1S/C19H20N6O/c20-10-15-4-1-2-5-16(15)12-25-8-3-6-17(25)13-24-9-7-19(26,14-24)18-11-21-23-22-18/h1-6,8,11,26H,7,9,12-14H2,(H,21,22,23)/t19-/m0/s1. The first-order valence-electron chi connectivity index (χ1n) is 8.61. The van der Waals surface area contributed by atoms with Crippen LogP contribution in [0.1, 0.15) is 28.9 Å². The molecule has 0 amide bonds. The van der Waals surface area contributed by atoms with Crippen molar-refractivity contribution in [2.45, 2.75) is 25.1 Å². The fourth-order valence-electron chi connectivity index (χ4n) is 3.57. The maximum Gasteiger partial charge on any atom is 0.124 e. The Morgan fingerprint density at radius 3 is 2.92 bits per heavy atom. The minimum absolute atomic E-state index is 0.527. The molecule has 0 saturated carbocycles. The van der Waals surface area contributed by atoms with Crippen molar-refractivity contribution in [3.8, 4) is 6.07 Å². The van der Waals surface area contributed by atoms with E-state index in [2.05, 4.69) is 37.0 Å². The molecule has 0 unspecified atom stereocenters. The molecular weight excluding hydrogens is 328 g/mol. The van der Waals surface area contributed by atoms with E-state index < -0.39 is 5.60 Å². The first-order chi connectivity index (χ1) is 12.7. The summed E-state index contributed by atoms with van der Waals surface area (Å²) in [4.78, 5) is 2.22. The Hall–Kier alpha value is -2.95. The number of nitrogens with one attached hydrogen (secondary N) is 1. The Morgan fingerprint density at radius 1 is 1.23 bits per heavy atom. The number of nitriles is 1. The molecule has 0 bridgehead atoms. The van der Waals surface area contributed by atoms with Crippen LogP contribution >= 0.6 is 0 Å². The van der Waals surface area contributed by atoms with Crippen molar-refractivity contribution in [2.24, 2.45) is 0 Å². The lowest BCUT2D eigenvalue weighted by atomic mass is 10.0. The van der Waals surface area contributed by atoms with Gasteiger partial charge in [-0.2, -0.15) is 20.7 Å². The molecule has 2 aromatic heterocycles. The molecule has 1 aliphatic heterocycles. The molecule has 1 fully saturated rings. The van der Waals surface area contributed by atoms with Crippen LogP contribution in [-0.4, -0.2) is 43.1 Å². The van der Waals surface area contributed by atoms with Gasteiger partial charge >= 0.3 is 0 Å². The molecule has 1 aromatic carbocycles. The zero-order valence-electron chi connectivity index (χ0n) is 14.3. The summed E-state index contributed by atoms with van der Waals surface area (Å²) in [5.41, 5.74) is 2.51. The molecule has 3 aromatic rings. The van der Waals surface area contributed by atoms with Crippen molar-refractivity contribution in [2.75, 3.05) is 13.1 Å². The first kappa shape index (κ1) is 16.5. The molecule has 4 rings (SSSR count). The van der Waals surface area contributed by atoms with E-state index in [9.17, 15) is 10.4 Å². The number of H-pyrrole nitrogens is 1. The van der Waals surface area contributed by atoms with Crippen molar-refractivity contribution in [3.63, 3.8) is 0 Å². The normalized spacial score (nSPS) is 20.3. The van der Waals surface area contributed by atoms with Gasteiger partial charge in [0.1, 0.15) is 11.3 Å². The van der Waals surface area contributed by atoms with Crippen LogP contribution in [0.15, 0.2) is 48.8 Å². The van der Waals surface area contributed by atoms with E-state index in [1.165, 1.54) is 0 Å². The monoisotopic (exact) mass is 348 g/mol. The predicted octanol–water partition coefficient (Wildman–Crippen LogP) is 1.62. The van der Waals surface area contributed by atoms with Crippen LogP contribution in [0.25, 0.3) is 0 Å². The number of hydrogen-bond donors (Lipinski definition) is 2. The van der Waals surface area contributed by atoms with Crippen LogP contribution in [0.3, 0.4) is 0 Å². The minimum atomic E-state index is -0.947. The number of likely N-dealkylation sites (tertiary alicyclic amines) is 1. The van der Waals surface area contributed by atoms with E-state index in [4.69, 9.17) is 0 Å². The number of rotatable bonds is 5. The molecule has 3 heterocycles. The molecule has 0 radical (unpaired) electrons. The molecule has 132 valence electrons. The fourth-order valence-corrected chi connectivity index (χ4v) is 3.57. The molecular formula is C19H20N6O. The van der Waals surface area contributed by atoms with Gasteiger partial charge in [0.15, 0.2) is 0 Å². The van der Waals surface area contributed by atoms with Crippen LogP contribution in [0.4, 0.5) is 0 Å². The predicted molar refractivity (Wildman–Crippen MR) is 94.9 cm³/mol. The van der Waals surface area contributed by atoms with Gasteiger partial charge in [0.2, 0.25) is 0 Å². The van der Waals surface area contributed by atoms with E-state index in [0.717, 1.165) is 24.3 Å². The molecule has 1 atom stereocenters. The van der Waals surface area contributed by atoms with Crippen molar-refractivity contribution < 1.29 is 5.11 Å². The lowest BCUT2D eigenvalue weighted by Crippen LogP contribution is -2.31. The van der Waals surface area contributed by atoms with Gasteiger partial charge in [-0.05, 0) is 30.2 Å².